The lowest BCUT2D eigenvalue weighted by molar-refractivity contribution is -0.115. The number of nitrogens with one attached hydrogen (secondary N) is 1. The predicted octanol–water partition coefficient (Wildman–Crippen LogP) is 3.86. The van der Waals surface area contributed by atoms with Crippen LogP contribution in [0.15, 0.2) is 46.9 Å². The van der Waals surface area contributed by atoms with Crippen molar-refractivity contribution >= 4 is 11.6 Å². The highest BCUT2D eigenvalue weighted by molar-refractivity contribution is 5.93. The summed E-state index contributed by atoms with van der Waals surface area (Å²) in [4.78, 5) is 17.0. The summed E-state index contributed by atoms with van der Waals surface area (Å²) in [5.74, 6) is 2.25. The first-order valence-corrected chi connectivity index (χ1v) is 8.67. The maximum absolute atomic E-state index is 12.5. The van der Waals surface area contributed by atoms with E-state index in [9.17, 15) is 4.79 Å². The van der Waals surface area contributed by atoms with Gasteiger partial charge in [-0.25, -0.2) is 4.98 Å². The first kappa shape index (κ1) is 19.3. The third-order valence-electron chi connectivity index (χ3n) is 4.19. The van der Waals surface area contributed by atoms with E-state index in [4.69, 9.17) is 18.6 Å². The van der Waals surface area contributed by atoms with Gasteiger partial charge in [0.05, 0.1) is 33.4 Å². The van der Waals surface area contributed by atoms with Gasteiger partial charge < -0.3 is 23.9 Å². The number of anilines is 1. The van der Waals surface area contributed by atoms with Gasteiger partial charge in [0.25, 0.3) is 0 Å². The molecule has 7 nitrogen and oxygen atoms in total. The van der Waals surface area contributed by atoms with E-state index in [0.29, 0.717) is 40.3 Å². The Morgan fingerprint density at radius 1 is 1.04 bits per heavy atom. The van der Waals surface area contributed by atoms with Crippen LogP contribution in [-0.2, 0) is 11.2 Å². The van der Waals surface area contributed by atoms with Crippen LogP contribution in [0.5, 0.6) is 17.2 Å². The number of aryl methyl sites for hydroxylation is 1. The summed E-state index contributed by atoms with van der Waals surface area (Å²) in [6, 6.07) is 12.9. The molecule has 1 aromatic heterocycles. The van der Waals surface area contributed by atoms with E-state index in [1.807, 2.05) is 30.3 Å². The molecule has 0 atom stereocenters. The zero-order chi connectivity index (χ0) is 20.1. The molecular weight excluding hydrogens is 360 g/mol. The predicted molar refractivity (Wildman–Crippen MR) is 105 cm³/mol. The second-order valence-corrected chi connectivity index (χ2v) is 6.03. The number of amides is 1. The molecule has 0 aliphatic rings. The molecule has 0 aliphatic carbocycles. The van der Waals surface area contributed by atoms with Crippen molar-refractivity contribution in [2.24, 2.45) is 0 Å². The molecule has 1 N–H and O–H groups in total. The summed E-state index contributed by atoms with van der Waals surface area (Å²) in [7, 11) is 4.57. The molecule has 0 bridgehead atoms. The van der Waals surface area contributed by atoms with Crippen molar-refractivity contribution in [3.05, 3.63) is 53.9 Å². The number of hydrogen-bond acceptors (Lipinski definition) is 6. The van der Waals surface area contributed by atoms with Crippen LogP contribution in [0.25, 0.3) is 11.5 Å². The second-order valence-electron chi connectivity index (χ2n) is 6.03. The van der Waals surface area contributed by atoms with Crippen LogP contribution in [-0.4, -0.2) is 32.2 Å². The average Bonchev–Trinajstić information content (AvgIpc) is 3.08. The molecule has 0 saturated carbocycles. The lowest BCUT2D eigenvalue weighted by Gasteiger charge is -2.14. The number of rotatable bonds is 7. The standard InChI is InChI=1S/C21H22N2O5/c1-13-16(23-21(28-13)14-8-6-5-7-9-14)12-19(24)22-15-10-17(25-2)20(27-4)18(11-15)26-3/h5-11H,12H2,1-4H3,(H,22,24). The Kier molecular flexibility index (Phi) is 5.84. The summed E-state index contributed by atoms with van der Waals surface area (Å²) in [6.45, 7) is 1.79. The topological polar surface area (TPSA) is 82.8 Å². The Balaban J connectivity index is 1.77. The van der Waals surface area contributed by atoms with Gasteiger partial charge in [0, 0.05) is 23.4 Å². The molecule has 1 amide bonds. The number of carbonyl (C=O) groups excluding carboxylic acids is 1. The minimum absolute atomic E-state index is 0.0822. The zero-order valence-electron chi connectivity index (χ0n) is 16.2. The normalized spacial score (nSPS) is 10.4. The van der Waals surface area contributed by atoms with E-state index in [-0.39, 0.29) is 12.3 Å². The average molecular weight is 382 g/mol. The smallest absolute Gasteiger partial charge is 0.230 e. The molecule has 28 heavy (non-hydrogen) atoms. The molecule has 0 unspecified atom stereocenters. The summed E-state index contributed by atoms with van der Waals surface area (Å²) in [5, 5.41) is 2.83. The molecule has 3 aromatic rings. The molecule has 146 valence electrons. The van der Waals surface area contributed by atoms with Gasteiger partial charge in [-0.2, -0.15) is 0 Å². The first-order chi connectivity index (χ1) is 13.5. The maximum atomic E-state index is 12.5. The summed E-state index contributed by atoms with van der Waals surface area (Å²) in [6.07, 6.45) is 0.0822. The third kappa shape index (κ3) is 4.09. The number of carbonyl (C=O) groups is 1. The lowest BCUT2D eigenvalue weighted by atomic mass is 10.2. The highest BCUT2D eigenvalue weighted by atomic mass is 16.5. The van der Waals surface area contributed by atoms with Crippen molar-refractivity contribution in [3.8, 4) is 28.7 Å². The quantitative estimate of drug-likeness (QED) is 0.668. The van der Waals surface area contributed by atoms with Crippen molar-refractivity contribution in [2.45, 2.75) is 13.3 Å². The molecule has 0 radical (unpaired) electrons. The number of aromatic nitrogens is 1. The van der Waals surface area contributed by atoms with Crippen LogP contribution in [0.4, 0.5) is 5.69 Å². The molecule has 3 rings (SSSR count). The molecule has 0 spiro atoms. The number of methoxy groups -OCH3 is 3. The Hall–Kier alpha value is -3.48. The highest BCUT2D eigenvalue weighted by Gasteiger charge is 2.17. The van der Waals surface area contributed by atoms with Gasteiger partial charge in [-0.1, -0.05) is 18.2 Å². The molecule has 0 fully saturated rings. The van der Waals surface area contributed by atoms with Crippen LogP contribution in [0.1, 0.15) is 11.5 Å². The summed E-state index contributed by atoms with van der Waals surface area (Å²) < 4.78 is 21.6. The van der Waals surface area contributed by atoms with Crippen LogP contribution in [0, 0.1) is 6.92 Å². The van der Waals surface area contributed by atoms with Crippen molar-refractivity contribution in [2.75, 3.05) is 26.6 Å². The van der Waals surface area contributed by atoms with Gasteiger partial charge in [0.1, 0.15) is 5.76 Å². The van der Waals surface area contributed by atoms with Crippen LogP contribution >= 0.6 is 0 Å². The molecule has 1 heterocycles. The Bertz CT molecular complexity index is 941. The summed E-state index contributed by atoms with van der Waals surface area (Å²) >= 11 is 0. The van der Waals surface area contributed by atoms with Gasteiger partial charge in [-0.05, 0) is 19.1 Å². The number of benzene rings is 2. The fourth-order valence-electron chi connectivity index (χ4n) is 2.81. The fourth-order valence-corrected chi connectivity index (χ4v) is 2.81. The molecule has 7 heteroatoms. The number of nitrogens with zero attached hydrogens (tertiary/aromatic N) is 1. The third-order valence-corrected chi connectivity index (χ3v) is 4.19. The van der Waals surface area contributed by atoms with Crippen molar-refractivity contribution < 1.29 is 23.4 Å². The molecule has 0 saturated heterocycles. The van der Waals surface area contributed by atoms with Gasteiger partial charge in [0.2, 0.25) is 17.5 Å². The number of ether oxygens (including phenoxy) is 3. The Morgan fingerprint density at radius 2 is 1.68 bits per heavy atom. The van der Waals surface area contributed by atoms with Crippen molar-refractivity contribution in [1.82, 2.24) is 4.98 Å². The van der Waals surface area contributed by atoms with E-state index in [1.165, 1.54) is 21.3 Å². The van der Waals surface area contributed by atoms with E-state index in [0.717, 1.165) is 5.56 Å². The van der Waals surface area contributed by atoms with E-state index >= 15 is 0 Å². The van der Waals surface area contributed by atoms with Crippen molar-refractivity contribution in [1.29, 1.82) is 0 Å². The van der Waals surface area contributed by atoms with Crippen LogP contribution in [0.2, 0.25) is 0 Å². The van der Waals surface area contributed by atoms with Gasteiger partial charge in [-0.15, -0.1) is 0 Å². The van der Waals surface area contributed by atoms with Gasteiger partial charge in [0.15, 0.2) is 11.5 Å². The van der Waals surface area contributed by atoms with Crippen LogP contribution in [0.3, 0.4) is 0 Å². The minimum Gasteiger partial charge on any atom is -0.493 e. The van der Waals surface area contributed by atoms with Crippen molar-refractivity contribution in [3.63, 3.8) is 0 Å². The van der Waals surface area contributed by atoms with Gasteiger partial charge in [-0.3, -0.25) is 4.79 Å². The minimum atomic E-state index is -0.231. The maximum Gasteiger partial charge on any atom is 0.230 e. The molecule has 2 aromatic carbocycles. The largest absolute Gasteiger partial charge is 0.493 e. The van der Waals surface area contributed by atoms with E-state index in [1.54, 1.807) is 19.1 Å². The monoisotopic (exact) mass is 382 g/mol. The van der Waals surface area contributed by atoms with Crippen LogP contribution < -0.4 is 19.5 Å². The Labute approximate surface area is 163 Å². The highest BCUT2D eigenvalue weighted by Crippen LogP contribution is 2.40. The SMILES string of the molecule is COc1cc(NC(=O)Cc2nc(-c3ccccc3)oc2C)cc(OC)c1OC. The zero-order valence-corrected chi connectivity index (χ0v) is 16.2. The lowest BCUT2D eigenvalue weighted by Crippen LogP contribution is -2.15. The number of oxazole rings is 1. The Morgan fingerprint density at radius 3 is 2.25 bits per heavy atom. The summed E-state index contributed by atoms with van der Waals surface area (Å²) in [5.41, 5.74) is 1.98. The molecule has 0 aliphatic heterocycles. The molecular formula is C21H22N2O5. The van der Waals surface area contributed by atoms with E-state index < -0.39 is 0 Å². The van der Waals surface area contributed by atoms with E-state index in [2.05, 4.69) is 10.3 Å². The number of hydrogen-bond donors (Lipinski definition) is 1. The first-order valence-electron chi connectivity index (χ1n) is 8.67. The fraction of sp³-hybridized carbons (Fsp3) is 0.238. The van der Waals surface area contributed by atoms with Gasteiger partial charge >= 0.3 is 0 Å². The second kappa shape index (κ2) is 8.47.